The summed E-state index contributed by atoms with van der Waals surface area (Å²) < 4.78 is 0. The van der Waals surface area contributed by atoms with Crippen LogP contribution in [0.3, 0.4) is 0 Å². The largest absolute Gasteiger partial charge is 0.393 e. The van der Waals surface area contributed by atoms with E-state index in [0.717, 1.165) is 31.1 Å². The van der Waals surface area contributed by atoms with Gasteiger partial charge in [-0.1, -0.05) is 47.0 Å². The van der Waals surface area contributed by atoms with Crippen LogP contribution in [0.1, 0.15) is 85.5 Å². The third-order valence-electron chi connectivity index (χ3n) is 6.20. The summed E-state index contributed by atoms with van der Waals surface area (Å²) in [6.45, 7) is 9.45. The maximum Gasteiger partial charge on any atom is 0.0545 e. The maximum absolute atomic E-state index is 10.2. The minimum absolute atomic E-state index is 0.0638. The second-order valence-corrected chi connectivity index (χ2v) is 8.11. The van der Waals surface area contributed by atoms with Gasteiger partial charge in [-0.3, -0.25) is 0 Å². The maximum atomic E-state index is 10.2. The lowest BCUT2D eigenvalue weighted by Crippen LogP contribution is -2.57. The second-order valence-electron chi connectivity index (χ2n) is 8.11. The van der Waals surface area contributed by atoms with Crippen molar-refractivity contribution in [3.63, 3.8) is 0 Å². The summed E-state index contributed by atoms with van der Waals surface area (Å²) in [5.74, 6) is 1.84. The Morgan fingerprint density at radius 3 is 2.58 bits per heavy atom. The fraction of sp³-hybridized carbons (Fsp3) is 1.00. The van der Waals surface area contributed by atoms with E-state index in [0.29, 0.717) is 10.8 Å². The highest BCUT2D eigenvalue weighted by molar-refractivity contribution is 5.09. The summed E-state index contributed by atoms with van der Waals surface area (Å²) in [6, 6.07) is 0. The topological polar surface area (TPSA) is 20.2 Å². The molecule has 1 heteroatoms. The molecule has 0 aliphatic heterocycles. The quantitative estimate of drug-likeness (QED) is 0.703. The first-order valence-corrected chi connectivity index (χ1v) is 8.61. The molecule has 112 valence electrons. The van der Waals surface area contributed by atoms with E-state index in [1.807, 2.05) is 0 Å². The van der Waals surface area contributed by atoms with Gasteiger partial charge in [0.1, 0.15) is 0 Å². The van der Waals surface area contributed by atoms with Crippen LogP contribution in [-0.4, -0.2) is 11.2 Å². The number of fused-ring (bicyclic) bond motifs is 1. The molecule has 0 spiro atoms. The minimum atomic E-state index is -0.0638. The standard InChI is InChI=1S/C18H34O/c1-5-7-14-9-10-17(3)13-18(4,16(17)11-14)12-15(19)8-6-2/h14-16,19H,5-13H2,1-4H3. The van der Waals surface area contributed by atoms with Gasteiger partial charge < -0.3 is 5.11 Å². The van der Waals surface area contributed by atoms with E-state index >= 15 is 0 Å². The van der Waals surface area contributed by atoms with Crippen LogP contribution in [-0.2, 0) is 0 Å². The Labute approximate surface area is 120 Å². The molecule has 0 saturated heterocycles. The molecule has 2 saturated carbocycles. The zero-order valence-electron chi connectivity index (χ0n) is 13.5. The molecule has 0 radical (unpaired) electrons. The van der Waals surface area contributed by atoms with E-state index in [4.69, 9.17) is 0 Å². The molecular formula is C18H34O. The Hall–Kier alpha value is -0.0400. The van der Waals surface area contributed by atoms with Gasteiger partial charge in [-0.15, -0.1) is 0 Å². The Morgan fingerprint density at radius 2 is 1.95 bits per heavy atom. The summed E-state index contributed by atoms with van der Waals surface area (Å²) in [6.07, 6.45) is 11.5. The van der Waals surface area contributed by atoms with Crippen molar-refractivity contribution in [1.29, 1.82) is 0 Å². The van der Waals surface area contributed by atoms with Gasteiger partial charge in [-0.2, -0.15) is 0 Å². The van der Waals surface area contributed by atoms with Gasteiger partial charge in [0.05, 0.1) is 6.10 Å². The highest BCUT2D eigenvalue weighted by atomic mass is 16.3. The summed E-state index contributed by atoms with van der Waals surface area (Å²) in [7, 11) is 0. The van der Waals surface area contributed by atoms with E-state index in [1.54, 1.807) is 0 Å². The predicted octanol–water partition coefficient (Wildman–Crippen LogP) is 5.17. The Balaban J connectivity index is 1.97. The first-order valence-electron chi connectivity index (χ1n) is 8.61. The van der Waals surface area contributed by atoms with Gasteiger partial charge in [0.2, 0.25) is 0 Å². The van der Waals surface area contributed by atoms with Crippen LogP contribution in [0.5, 0.6) is 0 Å². The van der Waals surface area contributed by atoms with Crippen molar-refractivity contribution in [2.24, 2.45) is 22.7 Å². The van der Waals surface area contributed by atoms with E-state index in [2.05, 4.69) is 27.7 Å². The number of hydrogen-bond acceptors (Lipinski definition) is 1. The summed E-state index contributed by atoms with van der Waals surface area (Å²) >= 11 is 0. The fourth-order valence-electron chi connectivity index (χ4n) is 5.55. The molecule has 0 amide bonds. The monoisotopic (exact) mass is 266 g/mol. The number of hydrogen-bond donors (Lipinski definition) is 1. The molecule has 2 fully saturated rings. The molecular weight excluding hydrogens is 232 g/mol. The molecule has 0 aromatic carbocycles. The lowest BCUT2D eigenvalue weighted by atomic mass is 9.40. The van der Waals surface area contributed by atoms with Crippen LogP contribution in [0.25, 0.3) is 0 Å². The molecule has 0 aromatic rings. The van der Waals surface area contributed by atoms with Crippen molar-refractivity contribution in [2.45, 2.75) is 91.6 Å². The molecule has 2 rings (SSSR count). The van der Waals surface area contributed by atoms with E-state index in [-0.39, 0.29) is 6.10 Å². The highest BCUT2D eigenvalue weighted by Gasteiger charge is 2.59. The molecule has 2 aliphatic rings. The first-order chi connectivity index (χ1) is 8.93. The van der Waals surface area contributed by atoms with E-state index in [9.17, 15) is 5.11 Å². The van der Waals surface area contributed by atoms with Crippen LogP contribution in [0, 0.1) is 22.7 Å². The molecule has 19 heavy (non-hydrogen) atoms. The smallest absolute Gasteiger partial charge is 0.0545 e. The van der Waals surface area contributed by atoms with Crippen LogP contribution in [0.4, 0.5) is 0 Å². The molecule has 1 nitrogen and oxygen atoms in total. The lowest BCUT2D eigenvalue weighted by molar-refractivity contribution is -0.162. The molecule has 5 unspecified atom stereocenters. The van der Waals surface area contributed by atoms with Crippen LogP contribution in [0.2, 0.25) is 0 Å². The van der Waals surface area contributed by atoms with Crippen molar-refractivity contribution >= 4 is 0 Å². The van der Waals surface area contributed by atoms with E-state index in [1.165, 1.54) is 38.5 Å². The second kappa shape index (κ2) is 5.76. The van der Waals surface area contributed by atoms with Crippen LogP contribution < -0.4 is 0 Å². The van der Waals surface area contributed by atoms with Gasteiger partial charge in [-0.05, 0) is 61.2 Å². The van der Waals surface area contributed by atoms with Gasteiger partial charge in [0, 0.05) is 0 Å². The third kappa shape index (κ3) is 3.01. The van der Waals surface area contributed by atoms with Crippen molar-refractivity contribution in [1.82, 2.24) is 0 Å². The van der Waals surface area contributed by atoms with Gasteiger partial charge in [0.25, 0.3) is 0 Å². The van der Waals surface area contributed by atoms with E-state index < -0.39 is 0 Å². The molecule has 0 aromatic heterocycles. The van der Waals surface area contributed by atoms with Crippen molar-refractivity contribution < 1.29 is 5.11 Å². The van der Waals surface area contributed by atoms with Gasteiger partial charge in [0.15, 0.2) is 0 Å². The zero-order chi connectivity index (χ0) is 14.1. The number of aliphatic hydroxyl groups excluding tert-OH is 1. The summed E-state index contributed by atoms with van der Waals surface area (Å²) in [4.78, 5) is 0. The lowest BCUT2D eigenvalue weighted by Gasteiger charge is -2.65. The average molecular weight is 266 g/mol. The molecule has 5 atom stereocenters. The van der Waals surface area contributed by atoms with Crippen molar-refractivity contribution in [3.8, 4) is 0 Å². The average Bonchev–Trinajstić information content (AvgIpc) is 2.31. The van der Waals surface area contributed by atoms with Crippen molar-refractivity contribution in [3.05, 3.63) is 0 Å². The Bertz CT molecular complexity index is 300. The Kier molecular flexibility index (Phi) is 4.65. The van der Waals surface area contributed by atoms with Crippen molar-refractivity contribution in [2.75, 3.05) is 0 Å². The Morgan fingerprint density at radius 1 is 1.21 bits per heavy atom. The summed E-state index contributed by atoms with van der Waals surface area (Å²) in [5.41, 5.74) is 1.03. The fourth-order valence-corrected chi connectivity index (χ4v) is 5.55. The molecule has 2 aliphatic carbocycles. The minimum Gasteiger partial charge on any atom is -0.393 e. The number of aliphatic hydroxyl groups is 1. The normalized spacial score (nSPS) is 43.4. The summed E-state index contributed by atoms with van der Waals surface area (Å²) in [5, 5.41) is 10.2. The molecule has 1 N–H and O–H groups in total. The van der Waals surface area contributed by atoms with Gasteiger partial charge in [-0.25, -0.2) is 0 Å². The van der Waals surface area contributed by atoms with Crippen LogP contribution in [0.15, 0.2) is 0 Å². The highest BCUT2D eigenvalue weighted by Crippen LogP contribution is 2.68. The zero-order valence-corrected chi connectivity index (χ0v) is 13.5. The predicted molar refractivity (Wildman–Crippen MR) is 82.1 cm³/mol. The number of rotatable bonds is 6. The SMILES string of the molecule is CCCC(O)CC1(C)CC2(C)CCC(CCC)CC21. The third-order valence-corrected chi connectivity index (χ3v) is 6.20. The first kappa shape index (κ1) is 15.4. The van der Waals surface area contributed by atoms with Crippen LogP contribution >= 0.6 is 0 Å². The van der Waals surface area contributed by atoms with Gasteiger partial charge >= 0.3 is 0 Å². The molecule has 0 bridgehead atoms. The molecule has 0 heterocycles.